The monoisotopic (exact) mass is 396 g/mol. The van der Waals surface area contributed by atoms with E-state index in [1.54, 1.807) is 6.08 Å². The molecule has 148 valence electrons. The highest BCUT2D eigenvalue weighted by atomic mass is 16.6. The van der Waals surface area contributed by atoms with Crippen LogP contribution in [0.3, 0.4) is 0 Å². The summed E-state index contributed by atoms with van der Waals surface area (Å²) in [4.78, 5) is 10.8. The number of carboxylic acids is 1. The van der Waals surface area contributed by atoms with Gasteiger partial charge in [-0.3, -0.25) is 0 Å². The summed E-state index contributed by atoms with van der Waals surface area (Å²) >= 11 is 0. The van der Waals surface area contributed by atoms with Gasteiger partial charge in [0.15, 0.2) is 0 Å². The summed E-state index contributed by atoms with van der Waals surface area (Å²) in [5.41, 5.74) is 7.77. The summed E-state index contributed by atoms with van der Waals surface area (Å²) in [5, 5.41) is 16.8. The molecule has 5 nitrogen and oxygen atoms in total. The first-order valence-corrected chi connectivity index (χ1v) is 9.68. The summed E-state index contributed by atoms with van der Waals surface area (Å²) in [5.74, 6) is -0.966. The normalized spacial score (nSPS) is 12.3. The molecule has 0 unspecified atom stereocenters. The van der Waals surface area contributed by atoms with Crippen LogP contribution in [0.5, 0.6) is 0 Å². The average Bonchev–Trinajstić information content (AvgIpc) is 3.25. The van der Waals surface area contributed by atoms with Crippen LogP contribution in [-0.4, -0.2) is 21.4 Å². The zero-order valence-electron chi connectivity index (χ0n) is 16.4. The van der Waals surface area contributed by atoms with Gasteiger partial charge in [0, 0.05) is 6.08 Å². The Morgan fingerprint density at radius 3 is 2.30 bits per heavy atom. The van der Waals surface area contributed by atoms with Gasteiger partial charge in [-0.05, 0) is 68.3 Å². The Kier molecular flexibility index (Phi) is 5.52. The maximum Gasteiger partial charge on any atom is 0.328 e. The Morgan fingerprint density at radius 1 is 0.900 bits per heavy atom. The zero-order chi connectivity index (χ0) is 20.9. The summed E-state index contributed by atoms with van der Waals surface area (Å²) < 4.78 is 4.87. The van der Waals surface area contributed by atoms with Crippen LogP contribution in [0, 0.1) is 0 Å². The Bertz CT molecular complexity index is 1240. The van der Waals surface area contributed by atoms with Crippen LogP contribution in [0.2, 0.25) is 0 Å². The fourth-order valence-electron chi connectivity index (χ4n) is 3.55. The fraction of sp³-hybridized carbons (Fsp3) is 0.0800. The lowest BCUT2D eigenvalue weighted by atomic mass is 9.88. The maximum absolute atomic E-state index is 10.8. The van der Waals surface area contributed by atoms with Crippen LogP contribution in [-0.2, 0) is 4.79 Å². The second-order valence-corrected chi connectivity index (χ2v) is 6.83. The molecule has 0 radical (unpaired) electrons. The summed E-state index contributed by atoms with van der Waals surface area (Å²) in [6.07, 6.45) is 3.56. The first-order valence-electron chi connectivity index (χ1n) is 9.68. The minimum atomic E-state index is -0.966. The van der Waals surface area contributed by atoms with E-state index < -0.39 is 5.97 Å². The largest absolute Gasteiger partial charge is 0.478 e. The van der Waals surface area contributed by atoms with Gasteiger partial charge in [-0.15, -0.1) is 0 Å². The number of hydrogen-bond donors (Lipinski definition) is 1. The number of benzene rings is 3. The molecule has 0 saturated heterocycles. The topological polar surface area (TPSA) is 76.2 Å². The number of allylic oxidation sites excluding steroid dienone is 1. The molecule has 1 N–H and O–H groups in total. The molecule has 0 aliphatic rings. The molecule has 0 aliphatic carbocycles. The van der Waals surface area contributed by atoms with Crippen molar-refractivity contribution in [3.05, 3.63) is 101 Å². The second kappa shape index (κ2) is 8.57. The van der Waals surface area contributed by atoms with E-state index in [0.717, 1.165) is 40.3 Å². The van der Waals surface area contributed by atoms with Crippen LogP contribution in [0.4, 0.5) is 0 Å². The third-order valence-electron chi connectivity index (χ3n) is 4.94. The van der Waals surface area contributed by atoms with Crippen molar-refractivity contribution in [1.29, 1.82) is 0 Å². The molecule has 4 rings (SSSR count). The van der Waals surface area contributed by atoms with E-state index in [9.17, 15) is 4.79 Å². The van der Waals surface area contributed by atoms with Gasteiger partial charge in [0.25, 0.3) is 0 Å². The molecule has 0 aliphatic heterocycles. The van der Waals surface area contributed by atoms with Gasteiger partial charge in [-0.2, -0.15) is 0 Å². The molecule has 5 heteroatoms. The smallest absolute Gasteiger partial charge is 0.328 e. The van der Waals surface area contributed by atoms with Crippen molar-refractivity contribution in [3.8, 4) is 0 Å². The van der Waals surface area contributed by atoms with Gasteiger partial charge in [-0.1, -0.05) is 67.6 Å². The molecule has 4 aromatic rings. The number of carbonyl (C=O) groups is 1. The van der Waals surface area contributed by atoms with Gasteiger partial charge in [0.05, 0.1) is 0 Å². The SMILES string of the molecule is CC/C(=C(/c1ccc(/C=C/C(=O)O)cc1)c1ccc2nonc2c1)c1ccccc1. The first kappa shape index (κ1) is 19.3. The number of aliphatic carboxylic acids is 1. The van der Waals surface area contributed by atoms with E-state index in [2.05, 4.69) is 29.4 Å². The molecular weight excluding hydrogens is 376 g/mol. The highest BCUT2D eigenvalue weighted by Crippen LogP contribution is 2.35. The Morgan fingerprint density at radius 2 is 1.60 bits per heavy atom. The fourth-order valence-corrected chi connectivity index (χ4v) is 3.55. The Labute approximate surface area is 173 Å². The van der Waals surface area contributed by atoms with Gasteiger partial charge < -0.3 is 5.11 Å². The summed E-state index contributed by atoms with van der Waals surface area (Å²) in [6, 6.07) is 24.1. The predicted octanol–water partition coefficient (Wildman–Crippen LogP) is 5.69. The molecule has 30 heavy (non-hydrogen) atoms. The lowest BCUT2D eigenvalue weighted by Gasteiger charge is -2.16. The van der Waals surface area contributed by atoms with Crippen molar-refractivity contribution in [2.75, 3.05) is 0 Å². The second-order valence-electron chi connectivity index (χ2n) is 6.83. The molecule has 1 heterocycles. The van der Waals surface area contributed by atoms with E-state index in [1.807, 2.05) is 60.7 Å². The lowest BCUT2D eigenvalue weighted by Crippen LogP contribution is -1.95. The Hall–Kier alpha value is -3.99. The number of rotatable bonds is 6. The minimum Gasteiger partial charge on any atom is -0.478 e. The minimum absolute atomic E-state index is 0.703. The summed E-state index contributed by atoms with van der Waals surface area (Å²) in [6.45, 7) is 2.14. The zero-order valence-corrected chi connectivity index (χ0v) is 16.4. The number of hydrogen-bond acceptors (Lipinski definition) is 4. The number of carboxylic acid groups (broad SMARTS) is 1. The van der Waals surface area contributed by atoms with E-state index in [-0.39, 0.29) is 0 Å². The van der Waals surface area contributed by atoms with Crippen LogP contribution < -0.4 is 0 Å². The number of nitrogens with zero attached hydrogens (tertiary/aromatic N) is 2. The molecule has 0 amide bonds. The predicted molar refractivity (Wildman–Crippen MR) is 118 cm³/mol. The first-order chi connectivity index (χ1) is 14.7. The van der Waals surface area contributed by atoms with Crippen molar-refractivity contribution >= 4 is 34.2 Å². The number of fused-ring (bicyclic) bond motifs is 1. The molecule has 3 aromatic carbocycles. The van der Waals surface area contributed by atoms with Crippen molar-refractivity contribution in [2.24, 2.45) is 0 Å². The average molecular weight is 396 g/mol. The highest BCUT2D eigenvalue weighted by Gasteiger charge is 2.14. The van der Waals surface area contributed by atoms with Crippen LogP contribution in [0.25, 0.3) is 28.3 Å². The van der Waals surface area contributed by atoms with Crippen LogP contribution in [0.1, 0.15) is 35.6 Å². The van der Waals surface area contributed by atoms with Crippen molar-refractivity contribution in [1.82, 2.24) is 10.3 Å². The molecule has 0 saturated carbocycles. The number of aromatic nitrogens is 2. The third kappa shape index (κ3) is 4.05. The van der Waals surface area contributed by atoms with Gasteiger partial charge in [-0.25, -0.2) is 9.42 Å². The Balaban J connectivity index is 1.89. The van der Waals surface area contributed by atoms with Crippen molar-refractivity contribution in [3.63, 3.8) is 0 Å². The van der Waals surface area contributed by atoms with Gasteiger partial charge in [0.1, 0.15) is 11.0 Å². The molecule has 0 fully saturated rings. The van der Waals surface area contributed by atoms with E-state index in [1.165, 1.54) is 5.57 Å². The highest BCUT2D eigenvalue weighted by molar-refractivity contribution is 6.00. The van der Waals surface area contributed by atoms with Crippen LogP contribution in [0.15, 0.2) is 83.5 Å². The summed E-state index contributed by atoms with van der Waals surface area (Å²) in [7, 11) is 0. The molecule has 0 spiro atoms. The van der Waals surface area contributed by atoms with E-state index in [4.69, 9.17) is 9.74 Å². The third-order valence-corrected chi connectivity index (χ3v) is 4.94. The van der Waals surface area contributed by atoms with E-state index >= 15 is 0 Å². The van der Waals surface area contributed by atoms with E-state index in [0.29, 0.717) is 11.0 Å². The van der Waals surface area contributed by atoms with Crippen molar-refractivity contribution < 1.29 is 14.5 Å². The van der Waals surface area contributed by atoms with Crippen LogP contribution >= 0.6 is 0 Å². The molecular formula is C25H20N2O3. The maximum atomic E-state index is 10.8. The van der Waals surface area contributed by atoms with Crippen molar-refractivity contribution in [2.45, 2.75) is 13.3 Å². The van der Waals surface area contributed by atoms with Gasteiger partial charge >= 0.3 is 5.97 Å². The molecule has 0 bridgehead atoms. The standard InChI is InChI=1S/C25H20N2O3/c1-2-21(18-6-4-3-5-7-18)25(20-13-14-22-23(16-20)27-30-26-22)19-11-8-17(9-12-19)10-15-24(28)29/h3-16H,2H2,1H3,(H,28,29)/b15-10+,25-21+. The van der Waals surface area contributed by atoms with Gasteiger partial charge in [0.2, 0.25) is 0 Å². The lowest BCUT2D eigenvalue weighted by molar-refractivity contribution is -0.131. The molecule has 1 aromatic heterocycles. The molecule has 0 atom stereocenters. The quantitative estimate of drug-likeness (QED) is 0.335.